The van der Waals surface area contributed by atoms with Crippen LogP contribution in [0.2, 0.25) is 0 Å². The van der Waals surface area contributed by atoms with E-state index in [1.54, 1.807) is 11.8 Å². The molecule has 0 fully saturated rings. The van der Waals surface area contributed by atoms with E-state index >= 15 is 0 Å². The van der Waals surface area contributed by atoms with Gasteiger partial charge < -0.3 is 48.5 Å². The van der Waals surface area contributed by atoms with Gasteiger partial charge in [-0.25, -0.2) is 0 Å². The van der Waals surface area contributed by atoms with E-state index in [1.165, 1.54) is 6.92 Å². The average Bonchev–Trinajstić information content (AvgIpc) is 3.17. The van der Waals surface area contributed by atoms with E-state index in [0.29, 0.717) is 56.7 Å². The predicted octanol–water partition coefficient (Wildman–Crippen LogP) is 2.76. The fourth-order valence-electron chi connectivity index (χ4n) is 6.79. The van der Waals surface area contributed by atoms with Crippen LogP contribution in [0.15, 0.2) is 30.3 Å². The Labute approximate surface area is 367 Å². The lowest BCUT2D eigenvalue weighted by molar-refractivity contribution is -0.138. The first-order chi connectivity index (χ1) is 28.8. The van der Waals surface area contributed by atoms with Gasteiger partial charge in [0.25, 0.3) is 0 Å². The third-order valence-corrected chi connectivity index (χ3v) is 11.1. The largest absolute Gasteiger partial charge is 0.481 e. The Hall–Kier alpha value is -4.22. The smallest absolute Gasteiger partial charge is 0.305 e. The molecule has 346 valence electrons. The van der Waals surface area contributed by atoms with E-state index < -0.39 is 71.8 Å². The van der Waals surface area contributed by atoms with Gasteiger partial charge >= 0.3 is 5.97 Å². The van der Waals surface area contributed by atoms with Gasteiger partial charge in [0.2, 0.25) is 35.4 Å². The zero-order valence-electron chi connectivity index (χ0n) is 37.7. The van der Waals surface area contributed by atoms with Crippen molar-refractivity contribution in [2.24, 2.45) is 29.2 Å². The summed E-state index contributed by atoms with van der Waals surface area (Å²) < 4.78 is 0. The molecule has 1 aromatic carbocycles. The summed E-state index contributed by atoms with van der Waals surface area (Å²) in [6.45, 7) is 13.4. The van der Waals surface area contributed by atoms with Crippen LogP contribution in [0.5, 0.6) is 0 Å². The van der Waals surface area contributed by atoms with Crippen molar-refractivity contribution in [2.45, 2.75) is 161 Å². The highest BCUT2D eigenvalue weighted by molar-refractivity contribution is 7.98. The second kappa shape index (κ2) is 29.9. The first-order valence-corrected chi connectivity index (χ1v) is 23.2. The molecule has 1 aromatic rings. The van der Waals surface area contributed by atoms with Crippen LogP contribution in [0.4, 0.5) is 0 Å². The number of carbonyl (C=O) groups is 7. The van der Waals surface area contributed by atoms with Gasteiger partial charge in [0.1, 0.15) is 18.1 Å². The Morgan fingerprint density at radius 2 is 1.33 bits per heavy atom. The summed E-state index contributed by atoms with van der Waals surface area (Å²) in [6.07, 6.45) is 4.96. The zero-order chi connectivity index (χ0) is 46.1. The van der Waals surface area contributed by atoms with E-state index in [4.69, 9.17) is 11.5 Å². The minimum Gasteiger partial charge on any atom is -0.481 e. The number of carboxylic acids is 1. The van der Waals surface area contributed by atoms with Crippen LogP contribution in [0.25, 0.3) is 0 Å². The fourth-order valence-corrected chi connectivity index (χ4v) is 7.31. The molecule has 0 radical (unpaired) electrons. The van der Waals surface area contributed by atoms with Crippen LogP contribution in [-0.4, -0.2) is 107 Å². The summed E-state index contributed by atoms with van der Waals surface area (Å²) in [4.78, 5) is 91.9. The Morgan fingerprint density at radius 3 is 1.90 bits per heavy atom. The zero-order valence-corrected chi connectivity index (χ0v) is 38.5. The number of benzene rings is 1. The summed E-state index contributed by atoms with van der Waals surface area (Å²) in [6, 6.07) is 4.13. The van der Waals surface area contributed by atoms with Crippen LogP contribution in [0.1, 0.15) is 118 Å². The van der Waals surface area contributed by atoms with Crippen molar-refractivity contribution in [3.05, 3.63) is 35.9 Å². The Bertz CT molecular complexity index is 1520. The molecular formula is C44H76N8O8S. The topological polar surface area (TPSA) is 264 Å². The predicted molar refractivity (Wildman–Crippen MR) is 241 cm³/mol. The monoisotopic (exact) mass is 877 g/mol. The number of rotatable bonds is 31. The van der Waals surface area contributed by atoms with Gasteiger partial charge in [-0.1, -0.05) is 78.3 Å². The molecule has 16 nitrogen and oxygen atoms in total. The number of thioether (sulfide) groups is 1. The molecule has 0 aliphatic carbocycles. The lowest BCUT2D eigenvalue weighted by atomic mass is 9.96. The van der Waals surface area contributed by atoms with Gasteiger partial charge in [0.15, 0.2) is 0 Å². The molecule has 61 heavy (non-hydrogen) atoms. The number of hydrogen-bond donors (Lipinski definition) is 9. The van der Waals surface area contributed by atoms with Crippen molar-refractivity contribution >= 4 is 53.2 Å². The summed E-state index contributed by atoms with van der Waals surface area (Å²) in [5.74, 6) is -3.17. The van der Waals surface area contributed by atoms with Crippen molar-refractivity contribution in [1.29, 1.82) is 0 Å². The molecule has 0 saturated carbocycles. The molecule has 0 bridgehead atoms. The van der Waals surface area contributed by atoms with Gasteiger partial charge in [-0.15, -0.1) is 0 Å². The highest BCUT2D eigenvalue weighted by Crippen LogP contribution is 2.14. The maximum atomic E-state index is 13.8. The Balaban J connectivity index is 3.03. The molecule has 0 spiro atoms. The second-order valence-electron chi connectivity index (χ2n) is 17.0. The quantitative estimate of drug-likeness (QED) is 0.0490. The van der Waals surface area contributed by atoms with Crippen LogP contribution in [0, 0.1) is 17.8 Å². The van der Waals surface area contributed by atoms with Gasteiger partial charge in [-0.2, -0.15) is 11.8 Å². The molecule has 17 heteroatoms. The lowest BCUT2D eigenvalue weighted by Crippen LogP contribution is -2.55. The number of carbonyl (C=O) groups excluding carboxylic acids is 6. The number of nitrogens with one attached hydrogen (secondary N) is 6. The lowest BCUT2D eigenvalue weighted by Gasteiger charge is -2.28. The summed E-state index contributed by atoms with van der Waals surface area (Å²) >= 11 is 1.56. The minimum absolute atomic E-state index is 0.0923. The number of unbranched alkanes of at least 4 members (excludes halogenated alkanes) is 1. The summed E-state index contributed by atoms with van der Waals surface area (Å²) in [5, 5.41) is 26.5. The van der Waals surface area contributed by atoms with E-state index in [9.17, 15) is 38.7 Å². The third-order valence-electron chi connectivity index (χ3n) is 10.5. The summed E-state index contributed by atoms with van der Waals surface area (Å²) in [7, 11) is 0. The van der Waals surface area contributed by atoms with Crippen LogP contribution < -0.4 is 43.4 Å². The van der Waals surface area contributed by atoms with Gasteiger partial charge in [-0.3, -0.25) is 33.6 Å². The number of amides is 6. The Kier molecular flexibility index (Phi) is 26.9. The highest BCUT2D eigenvalue weighted by atomic mass is 32.2. The van der Waals surface area contributed by atoms with Crippen LogP contribution in [-0.2, 0) is 40.0 Å². The van der Waals surface area contributed by atoms with Crippen molar-refractivity contribution in [1.82, 2.24) is 31.9 Å². The maximum Gasteiger partial charge on any atom is 0.305 e. The molecule has 0 saturated heterocycles. The molecule has 6 amide bonds. The number of hydrogen-bond acceptors (Lipinski definition) is 10. The first-order valence-electron chi connectivity index (χ1n) is 21.8. The normalized spacial score (nSPS) is 15.3. The van der Waals surface area contributed by atoms with E-state index in [0.717, 1.165) is 5.56 Å². The molecular weight excluding hydrogens is 801 g/mol. The Morgan fingerprint density at radius 1 is 0.705 bits per heavy atom. The molecule has 0 unspecified atom stereocenters. The van der Waals surface area contributed by atoms with E-state index in [-0.39, 0.29) is 55.9 Å². The van der Waals surface area contributed by atoms with Gasteiger partial charge in [0, 0.05) is 43.4 Å². The molecule has 0 aliphatic rings. The van der Waals surface area contributed by atoms with Crippen LogP contribution in [0.3, 0.4) is 0 Å². The van der Waals surface area contributed by atoms with Crippen molar-refractivity contribution < 1.29 is 38.7 Å². The van der Waals surface area contributed by atoms with E-state index in [1.807, 2.05) is 78.1 Å². The fraction of sp³-hybridized carbons (Fsp3) is 0.705. The van der Waals surface area contributed by atoms with E-state index in [2.05, 4.69) is 31.9 Å². The SMILES string of the molecule is CC[C@H](C)[C@H](NC(=O)C[C@@H](N)CC(C)C)C(=O)N[C@@H](CCSC)CC(=O)N[C@@H](CCCCN)C(=O)N[C@H](CC(=O)N[C@@H](C)C(=O)N[C@H](CC(=O)O)Cc1ccccc1)C(C)C. The summed E-state index contributed by atoms with van der Waals surface area (Å²) in [5.41, 5.74) is 12.8. The standard InChI is InChI=1S/C44H76N8O8S/c1-9-29(6)41(52-37(53)23-32(46)21-27(2)3)44(60)48-33(18-20-61-8)24-38(54)50-35(17-13-14-19-45)43(59)51-36(28(4)5)26-39(55)47-30(7)42(58)49-34(25-40(56)57)22-31-15-11-10-12-16-31/h10-12,15-16,27-30,32-36,41H,9,13-14,17-26,45-46H2,1-8H3,(H,47,55)(H,48,60)(H,49,58)(H,50,54)(H,51,59)(H,52,53)(H,56,57)/t29-,30-,32-,33-,34-,35-,36+,41-/m0/s1. The molecule has 0 aromatic heterocycles. The highest BCUT2D eigenvalue weighted by Gasteiger charge is 2.31. The van der Waals surface area contributed by atoms with Crippen molar-refractivity contribution in [2.75, 3.05) is 18.6 Å². The molecule has 0 heterocycles. The number of carboxylic acid groups (broad SMARTS) is 1. The average molecular weight is 877 g/mol. The van der Waals surface area contributed by atoms with Crippen LogP contribution >= 0.6 is 11.8 Å². The van der Waals surface area contributed by atoms with Gasteiger partial charge in [-0.05, 0) is 87.3 Å². The molecule has 1 rings (SSSR count). The molecule has 8 atom stereocenters. The van der Waals surface area contributed by atoms with Gasteiger partial charge in [0.05, 0.1) is 6.42 Å². The third kappa shape index (κ3) is 23.5. The molecule has 0 aliphatic heterocycles. The van der Waals surface area contributed by atoms with Crippen molar-refractivity contribution in [3.63, 3.8) is 0 Å². The first kappa shape index (κ1) is 54.8. The minimum atomic E-state index is -1.07. The second-order valence-corrected chi connectivity index (χ2v) is 18.0. The maximum absolute atomic E-state index is 13.8. The number of aliphatic carboxylic acids is 1. The van der Waals surface area contributed by atoms with Crippen molar-refractivity contribution in [3.8, 4) is 0 Å². The molecule has 11 N–H and O–H groups in total. The number of nitrogens with two attached hydrogens (primary N) is 2.